The summed E-state index contributed by atoms with van der Waals surface area (Å²) in [6.07, 6.45) is 1.77. The third kappa shape index (κ3) is 4.16. The number of nitrogens with zero attached hydrogens (tertiary/aromatic N) is 1. The first kappa shape index (κ1) is 19.4. The summed E-state index contributed by atoms with van der Waals surface area (Å²) in [6.45, 7) is 6.63. The second-order valence-electron chi connectivity index (χ2n) is 6.89. The van der Waals surface area contributed by atoms with E-state index in [4.69, 9.17) is 0 Å². The average molecular weight is 380 g/mol. The normalized spacial score (nSPS) is 14.4. The maximum Gasteiger partial charge on any atom is 0.267 e. The zero-order valence-corrected chi connectivity index (χ0v) is 16.9. The number of carbonyl (C=O) groups is 2. The topological polar surface area (TPSA) is 37.4 Å². The number of aryl methyl sites for hydroxylation is 2. The molecular weight excluding hydrogens is 354 g/mol. The van der Waals surface area contributed by atoms with Gasteiger partial charge in [0.15, 0.2) is 0 Å². The van der Waals surface area contributed by atoms with Gasteiger partial charge < -0.3 is 0 Å². The van der Waals surface area contributed by atoms with Crippen LogP contribution in [0.4, 0.5) is 0 Å². The lowest BCUT2D eigenvalue weighted by atomic mass is 10.0. The van der Waals surface area contributed by atoms with Gasteiger partial charge in [-0.25, -0.2) is 0 Å². The average Bonchev–Trinajstić information content (AvgIpc) is 2.91. The molecule has 0 saturated carbocycles. The van der Waals surface area contributed by atoms with Crippen LogP contribution < -0.4 is 0 Å². The van der Waals surface area contributed by atoms with Crippen molar-refractivity contribution in [3.8, 4) is 0 Å². The van der Waals surface area contributed by atoms with Gasteiger partial charge in [-0.05, 0) is 42.5 Å². The minimum Gasteiger partial charge on any atom is -0.274 e. The van der Waals surface area contributed by atoms with Crippen LogP contribution in [-0.4, -0.2) is 23.3 Å². The molecular formula is C23H25NO2S. The molecule has 0 radical (unpaired) electrons. The van der Waals surface area contributed by atoms with Gasteiger partial charge in [0.1, 0.15) is 0 Å². The van der Waals surface area contributed by atoms with Gasteiger partial charge in [-0.1, -0.05) is 61.9 Å². The highest BCUT2D eigenvalue weighted by atomic mass is 32.2. The molecule has 2 amide bonds. The Kier molecular flexibility index (Phi) is 6.17. The van der Waals surface area contributed by atoms with Crippen LogP contribution in [0.2, 0.25) is 0 Å². The lowest BCUT2D eigenvalue weighted by molar-refractivity contribution is -0.136. The van der Waals surface area contributed by atoms with Crippen molar-refractivity contribution < 1.29 is 9.59 Å². The Morgan fingerprint density at radius 2 is 1.67 bits per heavy atom. The molecule has 0 aromatic heterocycles. The molecule has 1 aliphatic heterocycles. The molecule has 1 aliphatic rings. The second-order valence-corrected chi connectivity index (χ2v) is 7.88. The van der Waals surface area contributed by atoms with Gasteiger partial charge >= 0.3 is 0 Å². The standard InChI is InChI=1S/C23H25NO2S/c1-4-5-13-24-22(25)20(19-12-11-16(2)17(3)14-19)21(23(24)26)27-15-18-9-7-6-8-10-18/h6-12,14H,4-5,13,15H2,1-3H3. The monoisotopic (exact) mass is 379 g/mol. The molecule has 0 atom stereocenters. The summed E-state index contributed by atoms with van der Waals surface area (Å²) in [5.41, 5.74) is 4.84. The molecule has 3 nitrogen and oxygen atoms in total. The fourth-order valence-electron chi connectivity index (χ4n) is 3.09. The summed E-state index contributed by atoms with van der Waals surface area (Å²) < 4.78 is 0. The van der Waals surface area contributed by atoms with E-state index in [1.807, 2.05) is 62.4 Å². The number of unbranched alkanes of at least 4 members (excludes halogenated alkanes) is 1. The molecule has 27 heavy (non-hydrogen) atoms. The fourth-order valence-corrected chi connectivity index (χ4v) is 4.17. The number of carbonyl (C=O) groups excluding carboxylic acids is 2. The van der Waals surface area contributed by atoms with Gasteiger partial charge in [0.25, 0.3) is 11.8 Å². The van der Waals surface area contributed by atoms with E-state index in [0.29, 0.717) is 22.8 Å². The van der Waals surface area contributed by atoms with Crippen LogP contribution in [0.5, 0.6) is 0 Å². The van der Waals surface area contributed by atoms with Crippen molar-refractivity contribution in [2.24, 2.45) is 0 Å². The Morgan fingerprint density at radius 3 is 2.33 bits per heavy atom. The summed E-state index contributed by atoms with van der Waals surface area (Å²) in [6, 6.07) is 16.0. The Balaban J connectivity index is 1.97. The van der Waals surface area contributed by atoms with Gasteiger partial charge in [-0.3, -0.25) is 14.5 Å². The lowest BCUT2D eigenvalue weighted by Crippen LogP contribution is -2.32. The number of thioether (sulfide) groups is 1. The van der Waals surface area contributed by atoms with Gasteiger partial charge in [-0.15, -0.1) is 11.8 Å². The predicted molar refractivity (Wildman–Crippen MR) is 112 cm³/mol. The molecule has 3 rings (SSSR count). The van der Waals surface area contributed by atoms with Gasteiger partial charge in [-0.2, -0.15) is 0 Å². The summed E-state index contributed by atoms with van der Waals surface area (Å²) in [7, 11) is 0. The Bertz CT molecular complexity index is 887. The van der Waals surface area contributed by atoms with E-state index in [2.05, 4.69) is 6.92 Å². The highest BCUT2D eigenvalue weighted by Crippen LogP contribution is 2.38. The SMILES string of the molecule is CCCCN1C(=O)C(SCc2ccccc2)=C(c2ccc(C)c(C)c2)C1=O. The number of benzene rings is 2. The van der Waals surface area contributed by atoms with Gasteiger partial charge in [0.05, 0.1) is 10.5 Å². The van der Waals surface area contributed by atoms with Crippen LogP contribution in [-0.2, 0) is 15.3 Å². The molecule has 0 N–H and O–H groups in total. The lowest BCUT2D eigenvalue weighted by Gasteiger charge is -2.14. The zero-order valence-electron chi connectivity index (χ0n) is 16.1. The molecule has 2 aromatic carbocycles. The smallest absolute Gasteiger partial charge is 0.267 e. The zero-order chi connectivity index (χ0) is 19.4. The molecule has 0 spiro atoms. The van der Waals surface area contributed by atoms with E-state index >= 15 is 0 Å². The molecule has 4 heteroatoms. The van der Waals surface area contributed by atoms with E-state index in [9.17, 15) is 9.59 Å². The van der Waals surface area contributed by atoms with E-state index in [1.165, 1.54) is 22.2 Å². The Morgan fingerprint density at radius 1 is 0.926 bits per heavy atom. The number of imide groups is 1. The summed E-state index contributed by atoms with van der Waals surface area (Å²) in [4.78, 5) is 28.1. The van der Waals surface area contributed by atoms with Crippen molar-refractivity contribution >= 4 is 29.1 Å². The molecule has 0 saturated heterocycles. The largest absolute Gasteiger partial charge is 0.274 e. The second kappa shape index (κ2) is 8.57. The number of amides is 2. The van der Waals surface area contributed by atoms with Crippen LogP contribution in [0.3, 0.4) is 0 Å². The van der Waals surface area contributed by atoms with Crippen molar-refractivity contribution in [2.75, 3.05) is 6.54 Å². The number of hydrogen-bond acceptors (Lipinski definition) is 3. The van der Waals surface area contributed by atoms with Crippen molar-refractivity contribution in [1.29, 1.82) is 0 Å². The minimum atomic E-state index is -0.160. The Labute approximate surface area is 165 Å². The van der Waals surface area contributed by atoms with E-state index < -0.39 is 0 Å². The highest BCUT2D eigenvalue weighted by molar-refractivity contribution is 8.03. The quantitative estimate of drug-likeness (QED) is 0.627. The first-order valence-electron chi connectivity index (χ1n) is 9.37. The van der Waals surface area contributed by atoms with Crippen LogP contribution in [0.1, 0.15) is 42.0 Å². The van der Waals surface area contributed by atoms with Gasteiger partial charge in [0, 0.05) is 12.3 Å². The molecule has 0 fully saturated rings. The summed E-state index contributed by atoms with van der Waals surface area (Å²) >= 11 is 1.47. The van der Waals surface area contributed by atoms with Crippen LogP contribution >= 0.6 is 11.8 Å². The number of hydrogen-bond donors (Lipinski definition) is 0. The van der Waals surface area contributed by atoms with Gasteiger partial charge in [0.2, 0.25) is 0 Å². The Hall–Kier alpha value is -2.33. The molecule has 0 unspecified atom stereocenters. The molecule has 0 aliphatic carbocycles. The van der Waals surface area contributed by atoms with Crippen LogP contribution in [0, 0.1) is 13.8 Å². The maximum absolute atomic E-state index is 13.1. The predicted octanol–water partition coefficient (Wildman–Crippen LogP) is 5.12. The van der Waals surface area contributed by atoms with Crippen molar-refractivity contribution in [3.63, 3.8) is 0 Å². The van der Waals surface area contributed by atoms with Crippen molar-refractivity contribution in [2.45, 2.75) is 39.4 Å². The van der Waals surface area contributed by atoms with E-state index in [-0.39, 0.29) is 11.8 Å². The molecule has 0 bridgehead atoms. The summed E-state index contributed by atoms with van der Waals surface area (Å²) in [5, 5.41) is 0. The van der Waals surface area contributed by atoms with E-state index in [0.717, 1.165) is 29.5 Å². The van der Waals surface area contributed by atoms with Crippen molar-refractivity contribution in [3.05, 3.63) is 75.7 Å². The first-order chi connectivity index (χ1) is 13.0. The van der Waals surface area contributed by atoms with Crippen LogP contribution in [0.15, 0.2) is 53.4 Å². The molecule has 1 heterocycles. The third-order valence-electron chi connectivity index (χ3n) is 4.88. The minimum absolute atomic E-state index is 0.150. The molecule has 140 valence electrons. The summed E-state index contributed by atoms with van der Waals surface area (Å²) in [5.74, 6) is 0.361. The van der Waals surface area contributed by atoms with Crippen molar-refractivity contribution in [1.82, 2.24) is 4.90 Å². The number of rotatable bonds is 7. The van der Waals surface area contributed by atoms with Crippen LogP contribution in [0.25, 0.3) is 5.57 Å². The highest BCUT2D eigenvalue weighted by Gasteiger charge is 2.38. The first-order valence-corrected chi connectivity index (χ1v) is 10.4. The maximum atomic E-state index is 13.1. The molecule has 2 aromatic rings. The fraction of sp³-hybridized carbons (Fsp3) is 0.304. The van der Waals surface area contributed by atoms with E-state index in [1.54, 1.807) is 0 Å². The third-order valence-corrected chi connectivity index (χ3v) is 6.03.